The molecule has 0 saturated heterocycles. The third-order valence-electron chi connectivity index (χ3n) is 2.42. The molecule has 1 rings (SSSR count). The Kier molecular flexibility index (Phi) is 6.68. The molecule has 6 nitrogen and oxygen atoms in total. The van der Waals surface area contributed by atoms with Crippen LogP contribution in [-0.4, -0.2) is 35.3 Å². The van der Waals surface area contributed by atoms with Crippen LogP contribution in [0.4, 0.5) is 0 Å². The summed E-state index contributed by atoms with van der Waals surface area (Å²) in [4.78, 5) is 12.9. The van der Waals surface area contributed by atoms with E-state index in [1.807, 2.05) is 26.2 Å². The van der Waals surface area contributed by atoms with Gasteiger partial charge in [0.2, 0.25) is 5.96 Å². The first kappa shape index (κ1) is 15.2. The minimum atomic E-state index is 0.491. The monoisotopic (exact) mass is 278 g/mol. The highest BCUT2D eigenvalue weighted by Gasteiger charge is 2.00. The van der Waals surface area contributed by atoms with Gasteiger partial charge in [-0.1, -0.05) is 0 Å². The van der Waals surface area contributed by atoms with Gasteiger partial charge in [-0.25, -0.2) is 9.97 Å². The predicted molar refractivity (Wildman–Crippen MR) is 77.8 cm³/mol. The van der Waals surface area contributed by atoms with Crippen LogP contribution in [0.25, 0.3) is 0 Å². The summed E-state index contributed by atoms with van der Waals surface area (Å²) in [7, 11) is 1.72. The van der Waals surface area contributed by atoms with E-state index in [0.717, 1.165) is 28.6 Å². The Morgan fingerprint density at radius 1 is 1.53 bits per heavy atom. The Hall–Kier alpha value is -1.81. The van der Waals surface area contributed by atoms with Gasteiger partial charge in [0.15, 0.2) is 6.19 Å². The van der Waals surface area contributed by atoms with Crippen LogP contribution < -0.4 is 10.6 Å². The van der Waals surface area contributed by atoms with E-state index >= 15 is 0 Å². The zero-order valence-corrected chi connectivity index (χ0v) is 12.2. The van der Waals surface area contributed by atoms with E-state index in [4.69, 9.17) is 5.26 Å². The zero-order chi connectivity index (χ0) is 14.1. The fraction of sp³-hybridized carbons (Fsp3) is 0.500. The van der Waals surface area contributed by atoms with Crippen molar-refractivity contribution in [3.63, 3.8) is 0 Å². The summed E-state index contributed by atoms with van der Waals surface area (Å²) in [5.74, 6) is 2.97. The van der Waals surface area contributed by atoms with Crippen molar-refractivity contribution in [1.29, 1.82) is 5.26 Å². The molecule has 0 aromatic carbocycles. The van der Waals surface area contributed by atoms with Crippen LogP contribution in [-0.2, 0) is 5.75 Å². The molecule has 0 aliphatic rings. The molecule has 0 amide bonds. The molecule has 0 fully saturated rings. The second-order valence-corrected chi connectivity index (χ2v) is 4.93. The number of hydrogen-bond donors (Lipinski definition) is 2. The molecule has 0 unspecified atom stereocenters. The summed E-state index contributed by atoms with van der Waals surface area (Å²) in [6.45, 7) is 4.63. The van der Waals surface area contributed by atoms with Gasteiger partial charge < -0.3 is 5.32 Å². The first-order valence-corrected chi connectivity index (χ1v) is 7.07. The van der Waals surface area contributed by atoms with E-state index in [1.54, 1.807) is 18.8 Å². The molecule has 0 aliphatic heterocycles. The third-order valence-corrected chi connectivity index (χ3v) is 3.36. The maximum absolute atomic E-state index is 8.46. The second kappa shape index (κ2) is 8.32. The maximum atomic E-state index is 8.46. The smallest absolute Gasteiger partial charge is 0.204 e. The fourth-order valence-corrected chi connectivity index (χ4v) is 1.95. The van der Waals surface area contributed by atoms with Gasteiger partial charge in [0.1, 0.15) is 5.82 Å². The summed E-state index contributed by atoms with van der Waals surface area (Å²) in [5, 5.41) is 13.7. The number of hydrogen-bond acceptors (Lipinski definition) is 5. The van der Waals surface area contributed by atoms with Crippen molar-refractivity contribution in [3.8, 4) is 6.19 Å². The van der Waals surface area contributed by atoms with Gasteiger partial charge in [-0.3, -0.25) is 10.3 Å². The minimum Gasteiger partial charge on any atom is -0.359 e. The van der Waals surface area contributed by atoms with Gasteiger partial charge >= 0.3 is 0 Å². The molecule has 0 atom stereocenters. The van der Waals surface area contributed by atoms with Crippen LogP contribution in [0.2, 0.25) is 0 Å². The average Bonchev–Trinajstić information content (AvgIpc) is 2.41. The zero-order valence-electron chi connectivity index (χ0n) is 11.4. The molecular formula is C12H18N6S. The Labute approximate surface area is 117 Å². The minimum absolute atomic E-state index is 0.491. The van der Waals surface area contributed by atoms with Crippen LogP contribution in [0.3, 0.4) is 0 Å². The number of thioether (sulfide) groups is 1. The largest absolute Gasteiger partial charge is 0.359 e. The molecule has 1 aromatic heterocycles. The topological polar surface area (TPSA) is 86.0 Å². The fourth-order valence-electron chi connectivity index (χ4n) is 1.26. The molecule has 7 heteroatoms. The van der Waals surface area contributed by atoms with Crippen LogP contribution in [0.1, 0.15) is 17.1 Å². The van der Waals surface area contributed by atoms with Crippen molar-refractivity contribution < 1.29 is 0 Å². The quantitative estimate of drug-likeness (QED) is 0.274. The second-order valence-electron chi connectivity index (χ2n) is 3.82. The molecule has 2 N–H and O–H groups in total. The third kappa shape index (κ3) is 5.57. The standard InChI is InChI=1S/C12H18N6S/c1-9-6-16-11(18-10(9)2)7-19-5-4-15-12(14-3)17-8-13/h6H,4-5,7H2,1-3H3,(H2,14,15,17). The number of nitrogens with one attached hydrogen (secondary N) is 2. The number of rotatable bonds is 5. The lowest BCUT2D eigenvalue weighted by Crippen LogP contribution is -2.31. The molecule has 0 radical (unpaired) electrons. The maximum Gasteiger partial charge on any atom is 0.204 e. The van der Waals surface area contributed by atoms with Gasteiger partial charge in [0, 0.05) is 24.7 Å². The van der Waals surface area contributed by atoms with Crippen molar-refractivity contribution in [3.05, 3.63) is 23.3 Å². The molecule has 102 valence electrons. The van der Waals surface area contributed by atoms with Crippen molar-refractivity contribution in [2.75, 3.05) is 19.3 Å². The van der Waals surface area contributed by atoms with E-state index in [9.17, 15) is 0 Å². The molecule has 0 aliphatic carbocycles. The molecule has 0 spiro atoms. The first-order chi connectivity index (χ1) is 9.17. The van der Waals surface area contributed by atoms with Gasteiger partial charge in [-0.2, -0.15) is 17.0 Å². The summed E-state index contributed by atoms with van der Waals surface area (Å²) in [6, 6.07) is 0. The Morgan fingerprint density at radius 3 is 2.95 bits per heavy atom. The Morgan fingerprint density at radius 2 is 2.32 bits per heavy atom. The van der Waals surface area contributed by atoms with Crippen molar-refractivity contribution >= 4 is 17.7 Å². The Bertz CT molecular complexity index is 480. The molecule has 1 heterocycles. The normalized spacial score (nSPS) is 10.9. The van der Waals surface area contributed by atoms with Gasteiger partial charge in [0.05, 0.1) is 12.3 Å². The lowest BCUT2D eigenvalue weighted by molar-refractivity contribution is 0.970. The number of nitrogens with zero attached hydrogens (tertiary/aromatic N) is 4. The summed E-state index contributed by atoms with van der Waals surface area (Å²) in [5.41, 5.74) is 2.14. The van der Waals surface area contributed by atoms with E-state index in [1.165, 1.54) is 0 Å². The Balaban J connectivity index is 2.31. The first-order valence-electron chi connectivity index (χ1n) is 5.91. The molecule has 0 bridgehead atoms. The number of aryl methyl sites for hydroxylation is 2. The summed E-state index contributed by atoms with van der Waals surface area (Å²) in [6.07, 6.45) is 3.68. The number of aliphatic imine (C=N–C) groups is 1. The predicted octanol–water partition coefficient (Wildman–Crippen LogP) is 0.973. The molecule has 19 heavy (non-hydrogen) atoms. The highest BCUT2D eigenvalue weighted by Crippen LogP contribution is 2.09. The van der Waals surface area contributed by atoms with Crippen molar-refractivity contribution in [1.82, 2.24) is 20.6 Å². The lowest BCUT2D eigenvalue weighted by Gasteiger charge is -2.04. The van der Waals surface area contributed by atoms with Crippen molar-refractivity contribution in [2.45, 2.75) is 19.6 Å². The number of aromatic nitrogens is 2. The van der Waals surface area contributed by atoms with Gasteiger partial charge in [-0.15, -0.1) is 0 Å². The number of guanidine groups is 1. The van der Waals surface area contributed by atoms with Crippen molar-refractivity contribution in [2.24, 2.45) is 4.99 Å². The van der Waals surface area contributed by atoms with E-state index in [0.29, 0.717) is 12.5 Å². The average molecular weight is 278 g/mol. The highest BCUT2D eigenvalue weighted by molar-refractivity contribution is 7.98. The summed E-state index contributed by atoms with van der Waals surface area (Å²) < 4.78 is 0. The van der Waals surface area contributed by atoms with Crippen LogP contribution in [0, 0.1) is 25.3 Å². The van der Waals surface area contributed by atoms with Gasteiger partial charge in [-0.05, 0) is 19.4 Å². The van der Waals surface area contributed by atoms with E-state index in [-0.39, 0.29) is 0 Å². The SMILES string of the molecule is CNC(=NCCSCc1ncc(C)c(C)n1)NC#N. The van der Waals surface area contributed by atoms with Crippen LogP contribution in [0.15, 0.2) is 11.2 Å². The van der Waals surface area contributed by atoms with E-state index in [2.05, 4.69) is 25.6 Å². The van der Waals surface area contributed by atoms with Crippen LogP contribution in [0.5, 0.6) is 0 Å². The molecule has 1 aromatic rings. The number of nitriles is 1. The van der Waals surface area contributed by atoms with Gasteiger partial charge in [0.25, 0.3) is 0 Å². The summed E-state index contributed by atoms with van der Waals surface area (Å²) >= 11 is 1.72. The molecular weight excluding hydrogens is 260 g/mol. The van der Waals surface area contributed by atoms with Crippen LogP contribution >= 0.6 is 11.8 Å². The van der Waals surface area contributed by atoms with E-state index < -0.39 is 0 Å². The highest BCUT2D eigenvalue weighted by atomic mass is 32.2. The lowest BCUT2D eigenvalue weighted by atomic mass is 10.3. The molecule has 0 saturated carbocycles.